The molecule has 0 N–H and O–H groups in total. The Balaban J connectivity index is 1.26. The number of hydrogen-bond acceptors (Lipinski definition) is 5. The first-order valence-corrected chi connectivity index (χ1v) is 10.4. The van der Waals surface area contributed by atoms with E-state index < -0.39 is 0 Å². The van der Waals surface area contributed by atoms with Gasteiger partial charge < -0.3 is 13.9 Å². The number of para-hydroxylation sites is 2. The standard InChI is InChI=1S/C24H24FN5O/c1-2-22(18-7-9-19(25)10-8-18)30-17-26-15-20(30)16-28-11-13-29(14-12-28)24-27-21-5-3-4-6-23(21)31-24/h2-10,15,17,22H,1,11-14,16H2/t22-/m1/s1. The summed E-state index contributed by atoms with van der Waals surface area (Å²) in [5.41, 5.74) is 3.79. The van der Waals surface area contributed by atoms with Crippen LogP contribution in [0.3, 0.4) is 0 Å². The molecule has 1 aliphatic heterocycles. The summed E-state index contributed by atoms with van der Waals surface area (Å²) in [6.07, 6.45) is 5.58. The zero-order chi connectivity index (χ0) is 21.2. The van der Waals surface area contributed by atoms with Gasteiger partial charge in [0.05, 0.1) is 18.1 Å². The molecule has 0 spiro atoms. The molecular formula is C24H24FN5O. The van der Waals surface area contributed by atoms with Crippen LogP contribution in [0.1, 0.15) is 17.3 Å². The molecule has 3 heterocycles. The number of anilines is 1. The molecule has 0 saturated carbocycles. The third kappa shape index (κ3) is 3.96. The largest absolute Gasteiger partial charge is 0.423 e. The number of hydrogen-bond donors (Lipinski definition) is 0. The van der Waals surface area contributed by atoms with E-state index in [-0.39, 0.29) is 11.9 Å². The molecule has 7 heteroatoms. The van der Waals surface area contributed by atoms with Crippen molar-refractivity contribution in [2.24, 2.45) is 0 Å². The molecule has 0 unspecified atom stereocenters. The van der Waals surface area contributed by atoms with Crippen LogP contribution < -0.4 is 4.90 Å². The van der Waals surface area contributed by atoms with Crippen molar-refractivity contribution < 1.29 is 8.81 Å². The molecule has 2 aromatic heterocycles. The van der Waals surface area contributed by atoms with E-state index in [2.05, 4.69) is 30.9 Å². The number of rotatable bonds is 6. The molecule has 5 rings (SSSR count). The minimum atomic E-state index is -0.241. The SMILES string of the molecule is C=C[C@H](c1ccc(F)cc1)n1cncc1CN1CCN(c2nc3ccccc3o2)CC1. The lowest BCUT2D eigenvalue weighted by atomic mass is 10.1. The van der Waals surface area contributed by atoms with Gasteiger partial charge in [0.25, 0.3) is 6.01 Å². The molecule has 0 radical (unpaired) electrons. The minimum Gasteiger partial charge on any atom is -0.423 e. The summed E-state index contributed by atoms with van der Waals surface area (Å²) in [5, 5.41) is 0. The fourth-order valence-electron chi connectivity index (χ4n) is 4.10. The Hall–Kier alpha value is -3.45. The number of allylic oxidation sites excluding steroid dienone is 1. The zero-order valence-electron chi connectivity index (χ0n) is 17.2. The third-order valence-corrected chi connectivity index (χ3v) is 5.79. The Morgan fingerprint density at radius 1 is 1.06 bits per heavy atom. The van der Waals surface area contributed by atoms with Crippen LogP contribution in [0.15, 0.2) is 78.1 Å². The molecule has 4 aromatic rings. The Morgan fingerprint density at radius 3 is 2.58 bits per heavy atom. The maximum atomic E-state index is 13.3. The molecule has 158 valence electrons. The van der Waals surface area contributed by atoms with Crippen LogP contribution in [0.4, 0.5) is 10.4 Å². The number of oxazole rings is 1. The van der Waals surface area contributed by atoms with E-state index in [1.807, 2.05) is 42.9 Å². The third-order valence-electron chi connectivity index (χ3n) is 5.79. The second-order valence-corrected chi connectivity index (χ2v) is 7.75. The van der Waals surface area contributed by atoms with Crippen molar-refractivity contribution in [3.8, 4) is 0 Å². The van der Waals surface area contributed by atoms with Crippen LogP contribution in [-0.4, -0.2) is 45.6 Å². The number of imidazole rings is 1. The molecule has 6 nitrogen and oxygen atoms in total. The Morgan fingerprint density at radius 2 is 1.84 bits per heavy atom. The molecule has 31 heavy (non-hydrogen) atoms. The van der Waals surface area contributed by atoms with Gasteiger partial charge in [0.1, 0.15) is 11.3 Å². The number of benzene rings is 2. The maximum absolute atomic E-state index is 13.3. The summed E-state index contributed by atoms with van der Waals surface area (Å²) in [5.74, 6) is -0.241. The first kappa shape index (κ1) is 19.5. The van der Waals surface area contributed by atoms with Gasteiger partial charge in [-0.05, 0) is 29.8 Å². The fourth-order valence-corrected chi connectivity index (χ4v) is 4.10. The van der Waals surface area contributed by atoms with Gasteiger partial charge in [0, 0.05) is 38.9 Å². The topological polar surface area (TPSA) is 50.3 Å². The molecule has 1 saturated heterocycles. The quantitative estimate of drug-likeness (QED) is 0.439. The van der Waals surface area contributed by atoms with Crippen molar-refractivity contribution in [3.05, 3.63) is 90.8 Å². The van der Waals surface area contributed by atoms with E-state index in [4.69, 9.17) is 4.42 Å². The molecule has 2 aromatic carbocycles. The summed E-state index contributed by atoms with van der Waals surface area (Å²) in [6.45, 7) is 8.28. The molecule has 0 aliphatic carbocycles. The van der Waals surface area contributed by atoms with Gasteiger partial charge >= 0.3 is 0 Å². The highest BCUT2D eigenvalue weighted by Gasteiger charge is 2.23. The molecule has 1 fully saturated rings. The summed E-state index contributed by atoms with van der Waals surface area (Å²) in [4.78, 5) is 13.6. The smallest absolute Gasteiger partial charge is 0.298 e. The van der Waals surface area contributed by atoms with E-state index >= 15 is 0 Å². The Kier molecular flexibility index (Phi) is 5.26. The summed E-state index contributed by atoms with van der Waals surface area (Å²) < 4.78 is 21.4. The van der Waals surface area contributed by atoms with E-state index in [0.29, 0.717) is 6.01 Å². The van der Waals surface area contributed by atoms with Crippen molar-refractivity contribution in [1.82, 2.24) is 19.4 Å². The summed E-state index contributed by atoms with van der Waals surface area (Å²) in [6, 6.07) is 15.0. The van der Waals surface area contributed by atoms with Crippen molar-refractivity contribution >= 4 is 17.1 Å². The summed E-state index contributed by atoms with van der Waals surface area (Å²) in [7, 11) is 0. The average Bonchev–Trinajstić information content (AvgIpc) is 3.43. The van der Waals surface area contributed by atoms with Crippen molar-refractivity contribution in [2.45, 2.75) is 12.6 Å². The van der Waals surface area contributed by atoms with Gasteiger partial charge in [0.15, 0.2) is 5.58 Å². The number of piperazine rings is 1. The van der Waals surface area contributed by atoms with Crippen LogP contribution >= 0.6 is 0 Å². The van der Waals surface area contributed by atoms with Crippen molar-refractivity contribution in [3.63, 3.8) is 0 Å². The number of aromatic nitrogens is 3. The Labute approximate surface area is 180 Å². The fraction of sp³-hybridized carbons (Fsp3) is 0.250. The second-order valence-electron chi connectivity index (χ2n) is 7.75. The Bertz CT molecular complexity index is 1140. The van der Waals surface area contributed by atoms with Gasteiger partial charge in [-0.2, -0.15) is 4.98 Å². The highest BCUT2D eigenvalue weighted by Crippen LogP contribution is 2.25. The van der Waals surface area contributed by atoms with E-state index in [0.717, 1.165) is 55.1 Å². The van der Waals surface area contributed by atoms with Gasteiger partial charge in [0.2, 0.25) is 0 Å². The number of fused-ring (bicyclic) bond motifs is 1. The molecule has 0 bridgehead atoms. The maximum Gasteiger partial charge on any atom is 0.298 e. The molecule has 1 aliphatic rings. The second kappa shape index (κ2) is 8.35. The van der Waals surface area contributed by atoms with Crippen LogP contribution in [0.25, 0.3) is 11.1 Å². The predicted octanol–water partition coefficient (Wildman–Crippen LogP) is 4.26. The van der Waals surface area contributed by atoms with E-state index in [1.54, 1.807) is 12.1 Å². The molecule has 1 atom stereocenters. The highest BCUT2D eigenvalue weighted by molar-refractivity contribution is 5.74. The lowest BCUT2D eigenvalue weighted by Gasteiger charge is -2.34. The first-order valence-electron chi connectivity index (χ1n) is 10.4. The van der Waals surface area contributed by atoms with E-state index in [9.17, 15) is 4.39 Å². The number of nitrogens with zero attached hydrogens (tertiary/aromatic N) is 5. The van der Waals surface area contributed by atoms with Crippen LogP contribution in [0, 0.1) is 5.82 Å². The summed E-state index contributed by atoms with van der Waals surface area (Å²) >= 11 is 0. The lowest BCUT2D eigenvalue weighted by Crippen LogP contribution is -2.46. The zero-order valence-corrected chi connectivity index (χ0v) is 17.2. The molecular weight excluding hydrogens is 393 g/mol. The lowest BCUT2D eigenvalue weighted by molar-refractivity contribution is 0.239. The predicted molar refractivity (Wildman–Crippen MR) is 118 cm³/mol. The monoisotopic (exact) mass is 417 g/mol. The van der Waals surface area contributed by atoms with Crippen LogP contribution in [0.5, 0.6) is 0 Å². The van der Waals surface area contributed by atoms with E-state index in [1.165, 1.54) is 12.1 Å². The van der Waals surface area contributed by atoms with Crippen molar-refractivity contribution in [1.29, 1.82) is 0 Å². The van der Waals surface area contributed by atoms with Gasteiger partial charge in [-0.25, -0.2) is 9.37 Å². The number of halogens is 1. The van der Waals surface area contributed by atoms with Gasteiger partial charge in [-0.3, -0.25) is 4.90 Å². The van der Waals surface area contributed by atoms with Crippen LogP contribution in [0.2, 0.25) is 0 Å². The molecule has 0 amide bonds. The van der Waals surface area contributed by atoms with Crippen molar-refractivity contribution in [2.75, 3.05) is 31.1 Å². The first-order chi connectivity index (χ1) is 15.2. The minimum absolute atomic E-state index is 0.0841. The average molecular weight is 417 g/mol. The van der Waals surface area contributed by atoms with Gasteiger partial charge in [-0.15, -0.1) is 6.58 Å². The van der Waals surface area contributed by atoms with Crippen LogP contribution in [-0.2, 0) is 6.54 Å². The highest BCUT2D eigenvalue weighted by atomic mass is 19.1. The normalized spacial score (nSPS) is 16.0. The van der Waals surface area contributed by atoms with Gasteiger partial charge in [-0.1, -0.05) is 30.3 Å².